The van der Waals surface area contributed by atoms with Gasteiger partial charge in [0.05, 0.1) is 22.2 Å². The molecular weight excluding hydrogens is 460 g/mol. The predicted molar refractivity (Wildman–Crippen MR) is 138 cm³/mol. The first-order chi connectivity index (χ1) is 16.5. The summed E-state index contributed by atoms with van der Waals surface area (Å²) in [5.74, 6) is -1.62. The lowest BCUT2D eigenvalue weighted by atomic mass is 9.92. The minimum Gasteiger partial charge on any atom is -0.507 e. The van der Waals surface area contributed by atoms with E-state index < -0.39 is 17.7 Å². The summed E-state index contributed by atoms with van der Waals surface area (Å²) < 4.78 is 0. The minimum absolute atomic E-state index is 0.0122. The number of amides is 1. The number of hydrogen-bond acceptors (Lipinski definition) is 6. The Bertz CT molecular complexity index is 1380. The second-order valence-corrected chi connectivity index (χ2v) is 10.3. The van der Waals surface area contributed by atoms with E-state index in [1.807, 2.05) is 50.2 Å². The van der Waals surface area contributed by atoms with E-state index in [1.54, 1.807) is 13.0 Å². The number of nitrogens with zero attached hydrogens (tertiary/aromatic N) is 2. The standard InChI is InChI=1S/C28H28N2O4S/c1-14(2)19-9-11-20(12-10-19)23-22(24(32)21-13-15(3)7-8-16(21)4)25(33)27(34)30(23)28-29-17(5)26(35-28)18(6)31/h7-14,23,32H,1-6H3/b24-22+. The third kappa shape index (κ3) is 4.32. The van der Waals surface area contributed by atoms with Gasteiger partial charge in [-0.3, -0.25) is 19.3 Å². The molecule has 35 heavy (non-hydrogen) atoms. The molecule has 1 aliphatic rings. The number of aromatic nitrogens is 1. The normalized spacial score (nSPS) is 17.5. The second kappa shape index (κ2) is 9.23. The molecule has 0 radical (unpaired) electrons. The van der Waals surface area contributed by atoms with Gasteiger partial charge in [-0.05, 0) is 49.4 Å². The van der Waals surface area contributed by atoms with Gasteiger partial charge < -0.3 is 5.11 Å². The van der Waals surface area contributed by atoms with Crippen LogP contribution >= 0.6 is 11.3 Å². The molecule has 2 heterocycles. The number of thiazole rings is 1. The van der Waals surface area contributed by atoms with Gasteiger partial charge in [-0.1, -0.05) is 67.1 Å². The Labute approximate surface area is 208 Å². The van der Waals surface area contributed by atoms with E-state index in [2.05, 4.69) is 18.8 Å². The lowest BCUT2D eigenvalue weighted by Crippen LogP contribution is -2.29. The molecule has 1 fully saturated rings. The summed E-state index contributed by atoms with van der Waals surface area (Å²) in [6, 6.07) is 12.4. The maximum atomic E-state index is 13.4. The van der Waals surface area contributed by atoms with Crippen molar-refractivity contribution in [1.29, 1.82) is 0 Å². The molecular formula is C28H28N2O4S. The molecule has 4 rings (SSSR count). The fraction of sp³-hybridized carbons (Fsp3) is 0.286. The highest BCUT2D eigenvalue weighted by Crippen LogP contribution is 2.44. The molecule has 2 aromatic carbocycles. The van der Waals surface area contributed by atoms with Gasteiger partial charge in [-0.2, -0.15) is 0 Å². The fourth-order valence-corrected chi connectivity index (χ4v) is 5.35. The molecule has 1 aliphatic heterocycles. The number of rotatable bonds is 5. The lowest BCUT2D eigenvalue weighted by Gasteiger charge is -2.23. The van der Waals surface area contributed by atoms with Gasteiger partial charge in [-0.15, -0.1) is 0 Å². The van der Waals surface area contributed by atoms with Gasteiger partial charge in [0.1, 0.15) is 5.76 Å². The van der Waals surface area contributed by atoms with Gasteiger partial charge in [0.25, 0.3) is 5.78 Å². The van der Waals surface area contributed by atoms with Crippen molar-refractivity contribution in [1.82, 2.24) is 4.98 Å². The van der Waals surface area contributed by atoms with Crippen molar-refractivity contribution in [2.45, 2.75) is 53.5 Å². The molecule has 3 aromatic rings. The predicted octanol–water partition coefficient (Wildman–Crippen LogP) is 6.02. The summed E-state index contributed by atoms with van der Waals surface area (Å²) in [5, 5.41) is 11.7. The lowest BCUT2D eigenvalue weighted by molar-refractivity contribution is -0.132. The topological polar surface area (TPSA) is 87.6 Å². The highest BCUT2D eigenvalue weighted by atomic mass is 32.1. The SMILES string of the molecule is CC(=O)c1sc(N2C(=O)C(=O)/C(=C(/O)c3cc(C)ccc3C)C2c2ccc(C(C)C)cc2)nc1C. The molecule has 0 bridgehead atoms. The molecule has 1 N–H and O–H groups in total. The van der Waals surface area contributed by atoms with Crippen LogP contribution in [0.25, 0.3) is 5.76 Å². The van der Waals surface area contributed by atoms with Crippen molar-refractivity contribution in [3.05, 3.63) is 86.4 Å². The van der Waals surface area contributed by atoms with Crippen LogP contribution in [0.4, 0.5) is 5.13 Å². The highest BCUT2D eigenvalue weighted by Gasteiger charge is 2.48. The second-order valence-electron chi connectivity index (χ2n) is 9.28. The summed E-state index contributed by atoms with van der Waals surface area (Å²) in [6.07, 6.45) is 0. The van der Waals surface area contributed by atoms with Gasteiger partial charge in [0, 0.05) is 12.5 Å². The summed E-state index contributed by atoms with van der Waals surface area (Å²) in [6.45, 7) is 11.1. The van der Waals surface area contributed by atoms with Crippen molar-refractivity contribution in [3.63, 3.8) is 0 Å². The number of carbonyl (C=O) groups is 3. The first-order valence-electron chi connectivity index (χ1n) is 11.5. The Kier molecular flexibility index (Phi) is 6.47. The summed E-state index contributed by atoms with van der Waals surface area (Å²) in [5.41, 5.74) is 4.53. The maximum absolute atomic E-state index is 13.4. The van der Waals surface area contributed by atoms with Crippen LogP contribution in [0.2, 0.25) is 0 Å². The zero-order valence-electron chi connectivity index (χ0n) is 20.7. The largest absolute Gasteiger partial charge is 0.507 e. The number of ketones is 2. The van der Waals surface area contributed by atoms with Crippen LogP contribution < -0.4 is 4.90 Å². The Morgan fingerprint density at radius 1 is 1.06 bits per heavy atom. The number of aliphatic hydroxyl groups excluding tert-OH is 1. The van der Waals surface area contributed by atoms with E-state index in [0.29, 0.717) is 27.6 Å². The van der Waals surface area contributed by atoms with Crippen LogP contribution in [-0.4, -0.2) is 27.6 Å². The van der Waals surface area contributed by atoms with E-state index in [4.69, 9.17) is 0 Å². The molecule has 7 heteroatoms. The van der Waals surface area contributed by atoms with E-state index in [1.165, 1.54) is 11.8 Å². The zero-order valence-corrected chi connectivity index (χ0v) is 21.5. The number of Topliss-reactive ketones (excluding diaryl/α,β-unsaturated/α-hetero) is 2. The Morgan fingerprint density at radius 3 is 2.29 bits per heavy atom. The average molecular weight is 489 g/mol. The number of benzene rings is 2. The monoisotopic (exact) mass is 488 g/mol. The molecule has 1 unspecified atom stereocenters. The molecule has 0 aliphatic carbocycles. The Morgan fingerprint density at radius 2 is 1.71 bits per heavy atom. The van der Waals surface area contributed by atoms with Crippen LogP contribution in [-0.2, 0) is 9.59 Å². The van der Waals surface area contributed by atoms with Gasteiger partial charge in [0.2, 0.25) is 0 Å². The summed E-state index contributed by atoms with van der Waals surface area (Å²) >= 11 is 1.08. The fourth-order valence-electron chi connectivity index (χ4n) is 4.36. The van der Waals surface area contributed by atoms with Gasteiger partial charge in [0.15, 0.2) is 10.9 Å². The van der Waals surface area contributed by atoms with Gasteiger partial charge in [-0.25, -0.2) is 4.98 Å². The van der Waals surface area contributed by atoms with Crippen LogP contribution in [0.5, 0.6) is 0 Å². The van der Waals surface area contributed by atoms with Gasteiger partial charge >= 0.3 is 5.91 Å². The van der Waals surface area contributed by atoms with Crippen molar-refractivity contribution in [3.8, 4) is 0 Å². The maximum Gasteiger partial charge on any atom is 0.301 e. The van der Waals surface area contributed by atoms with Crippen LogP contribution in [0.15, 0.2) is 48.0 Å². The first kappa shape index (κ1) is 24.5. The van der Waals surface area contributed by atoms with Crippen LogP contribution in [0.1, 0.15) is 75.9 Å². The Balaban J connectivity index is 1.97. The zero-order chi connectivity index (χ0) is 25.6. The molecule has 0 saturated carbocycles. The Hall–Kier alpha value is -3.58. The first-order valence-corrected chi connectivity index (χ1v) is 12.3. The van der Waals surface area contributed by atoms with E-state index >= 15 is 0 Å². The third-order valence-electron chi connectivity index (χ3n) is 6.32. The molecule has 0 spiro atoms. The van der Waals surface area contributed by atoms with Crippen molar-refractivity contribution in [2.75, 3.05) is 4.90 Å². The minimum atomic E-state index is -0.874. The third-order valence-corrected chi connectivity index (χ3v) is 7.58. The van der Waals surface area contributed by atoms with Crippen molar-refractivity contribution in [2.24, 2.45) is 0 Å². The molecule has 1 amide bonds. The molecule has 1 atom stereocenters. The molecule has 180 valence electrons. The molecule has 6 nitrogen and oxygen atoms in total. The smallest absolute Gasteiger partial charge is 0.301 e. The number of aliphatic hydroxyl groups is 1. The molecule has 1 saturated heterocycles. The van der Waals surface area contributed by atoms with E-state index in [-0.39, 0.29) is 22.2 Å². The number of anilines is 1. The average Bonchev–Trinajstić information content (AvgIpc) is 3.32. The highest BCUT2D eigenvalue weighted by molar-refractivity contribution is 7.18. The summed E-state index contributed by atoms with van der Waals surface area (Å²) in [7, 11) is 0. The van der Waals surface area contributed by atoms with E-state index in [9.17, 15) is 19.5 Å². The van der Waals surface area contributed by atoms with Crippen molar-refractivity contribution >= 4 is 39.7 Å². The van der Waals surface area contributed by atoms with E-state index in [0.717, 1.165) is 28.0 Å². The number of aryl methyl sites for hydroxylation is 3. The summed E-state index contributed by atoms with van der Waals surface area (Å²) in [4.78, 5) is 45.0. The number of carbonyl (C=O) groups excluding carboxylic acids is 3. The van der Waals surface area contributed by atoms with Crippen molar-refractivity contribution < 1.29 is 19.5 Å². The molecule has 1 aromatic heterocycles. The quantitative estimate of drug-likeness (QED) is 0.205. The van der Waals surface area contributed by atoms with Crippen LogP contribution in [0.3, 0.4) is 0 Å². The van der Waals surface area contributed by atoms with Crippen LogP contribution in [0, 0.1) is 20.8 Å². The number of hydrogen-bond donors (Lipinski definition) is 1.